The van der Waals surface area contributed by atoms with Crippen molar-refractivity contribution in [2.24, 2.45) is 5.10 Å². The molecule has 2 heterocycles. The van der Waals surface area contributed by atoms with E-state index in [2.05, 4.69) is 15.8 Å². The van der Waals surface area contributed by atoms with Gasteiger partial charge in [-0.2, -0.15) is 5.10 Å². The second-order valence-corrected chi connectivity index (χ2v) is 8.66. The van der Waals surface area contributed by atoms with Gasteiger partial charge in [0.1, 0.15) is 11.4 Å². The van der Waals surface area contributed by atoms with E-state index in [1.807, 2.05) is 9.47 Å². The lowest BCUT2D eigenvalue weighted by molar-refractivity contribution is 0.0696. The van der Waals surface area contributed by atoms with Crippen molar-refractivity contribution in [2.45, 2.75) is 18.9 Å². The molecule has 0 spiro atoms. The van der Waals surface area contributed by atoms with Crippen LogP contribution in [0.5, 0.6) is 0 Å². The first kappa shape index (κ1) is 25.3. The molecule has 3 N–H and O–H groups in total. The largest absolute Gasteiger partial charge is 0.478 e. The molecular formula is C25H25ClFN5O4. The van der Waals surface area contributed by atoms with Gasteiger partial charge in [0.05, 0.1) is 23.0 Å². The highest BCUT2D eigenvalue weighted by Gasteiger charge is 2.28. The lowest BCUT2D eigenvalue weighted by Gasteiger charge is -2.30. The molecule has 2 fully saturated rings. The molecule has 0 radical (unpaired) electrons. The van der Waals surface area contributed by atoms with Gasteiger partial charge in [-0.25, -0.2) is 14.6 Å². The minimum atomic E-state index is -1.12. The summed E-state index contributed by atoms with van der Waals surface area (Å²) in [6.07, 6.45) is 4.53. The Morgan fingerprint density at radius 2 is 1.86 bits per heavy atom. The third-order valence-electron chi connectivity index (χ3n) is 6.30. The van der Waals surface area contributed by atoms with Crippen molar-refractivity contribution in [1.29, 1.82) is 0 Å². The lowest BCUT2D eigenvalue weighted by Crippen LogP contribution is -2.43. The summed E-state index contributed by atoms with van der Waals surface area (Å²) in [5.41, 5.74) is 2.95. The number of aromatic carboxylic acids is 1. The topological polar surface area (TPSA) is 116 Å². The molecule has 5 rings (SSSR count). The maximum atomic E-state index is 15.1. The molecule has 1 saturated heterocycles. The predicted octanol–water partition coefficient (Wildman–Crippen LogP) is 2.77. The average Bonchev–Trinajstić information content (AvgIpc) is 3.70. The van der Waals surface area contributed by atoms with Crippen molar-refractivity contribution in [2.75, 3.05) is 31.1 Å². The quantitative estimate of drug-likeness (QED) is 0.345. The minimum absolute atomic E-state index is 0. The zero-order chi connectivity index (χ0) is 24.5. The number of hydrogen-bond donors (Lipinski definition) is 3. The summed E-state index contributed by atoms with van der Waals surface area (Å²) in [5.74, 6) is -2.37. The van der Waals surface area contributed by atoms with Gasteiger partial charge in [-0.15, -0.1) is 12.4 Å². The van der Waals surface area contributed by atoms with Gasteiger partial charge in [-0.05, 0) is 31.0 Å². The normalized spacial score (nSPS) is 15.6. The van der Waals surface area contributed by atoms with E-state index >= 15 is 4.39 Å². The zero-order valence-electron chi connectivity index (χ0n) is 19.2. The summed E-state index contributed by atoms with van der Waals surface area (Å²) in [7, 11) is 0. The molecule has 9 nitrogen and oxygen atoms in total. The Bertz CT molecular complexity index is 1410. The predicted molar refractivity (Wildman–Crippen MR) is 137 cm³/mol. The zero-order valence-corrected chi connectivity index (χ0v) is 20.1. The molecule has 1 aliphatic carbocycles. The molecule has 1 amide bonds. The SMILES string of the molecule is Cl.O=C(O)c1ccccc1/C=N\NC(=O)c1cn(C2CC2)c2cc(N3CCNCC3)c(F)cc2c1=O. The number of aromatic nitrogens is 1. The fourth-order valence-corrected chi connectivity index (χ4v) is 4.35. The Kier molecular flexibility index (Phi) is 7.37. The summed E-state index contributed by atoms with van der Waals surface area (Å²) in [4.78, 5) is 39.3. The third kappa shape index (κ3) is 4.95. The van der Waals surface area contributed by atoms with E-state index in [0.29, 0.717) is 29.9 Å². The number of hydrogen-bond acceptors (Lipinski definition) is 6. The number of nitrogens with zero attached hydrogens (tertiary/aromatic N) is 3. The van der Waals surface area contributed by atoms with E-state index in [1.165, 1.54) is 24.5 Å². The molecule has 1 aromatic heterocycles. The number of pyridine rings is 1. The summed E-state index contributed by atoms with van der Waals surface area (Å²) in [6.45, 7) is 2.84. The Labute approximate surface area is 212 Å². The van der Waals surface area contributed by atoms with Crippen molar-refractivity contribution in [3.8, 4) is 0 Å². The summed E-state index contributed by atoms with van der Waals surface area (Å²) in [5, 5.41) is 16.5. The highest BCUT2D eigenvalue weighted by molar-refractivity contribution is 6.00. The smallest absolute Gasteiger partial charge is 0.336 e. The number of rotatable bonds is 6. The van der Waals surface area contributed by atoms with Crippen molar-refractivity contribution in [1.82, 2.24) is 15.3 Å². The van der Waals surface area contributed by atoms with E-state index in [4.69, 9.17) is 0 Å². The number of carbonyl (C=O) groups excluding carboxylic acids is 1. The number of nitrogens with one attached hydrogen (secondary N) is 2. The molecule has 1 aliphatic heterocycles. The Morgan fingerprint density at radius 3 is 2.56 bits per heavy atom. The first-order chi connectivity index (χ1) is 16.9. The number of amides is 1. The lowest BCUT2D eigenvalue weighted by atomic mass is 10.1. The Hall–Kier alpha value is -3.76. The maximum absolute atomic E-state index is 15.1. The molecule has 188 valence electrons. The highest BCUT2D eigenvalue weighted by Crippen LogP contribution is 2.38. The van der Waals surface area contributed by atoms with E-state index in [-0.39, 0.29) is 35.0 Å². The summed E-state index contributed by atoms with van der Waals surface area (Å²) >= 11 is 0. The van der Waals surface area contributed by atoms with Crippen LogP contribution in [0.15, 0.2) is 52.5 Å². The third-order valence-corrected chi connectivity index (χ3v) is 6.30. The van der Waals surface area contributed by atoms with Crippen molar-refractivity contribution < 1.29 is 19.1 Å². The molecular weight excluding hydrogens is 489 g/mol. The molecule has 0 bridgehead atoms. The molecule has 11 heteroatoms. The van der Waals surface area contributed by atoms with Crippen LogP contribution in [0.1, 0.15) is 45.2 Å². The van der Waals surface area contributed by atoms with Gasteiger partial charge in [-0.3, -0.25) is 9.59 Å². The van der Waals surface area contributed by atoms with Crippen LogP contribution in [0.2, 0.25) is 0 Å². The first-order valence-corrected chi connectivity index (χ1v) is 11.4. The molecule has 2 aromatic carbocycles. The Balaban J connectivity index is 0.00000304. The molecule has 0 unspecified atom stereocenters. The van der Waals surface area contributed by atoms with Gasteiger partial charge in [0.15, 0.2) is 0 Å². The van der Waals surface area contributed by atoms with Gasteiger partial charge in [0.25, 0.3) is 5.91 Å². The van der Waals surface area contributed by atoms with Gasteiger partial charge in [0, 0.05) is 49.4 Å². The molecule has 0 atom stereocenters. The molecule has 1 saturated carbocycles. The first-order valence-electron chi connectivity index (χ1n) is 11.4. The number of benzene rings is 2. The maximum Gasteiger partial charge on any atom is 0.336 e. The number of halogens is 2. The van der Waals surface area contributed by atoms with Crippen LogP contribution in [0.3, 0.4) is 0 Å². The molecule has 3 aromatic rings. The monoisotopic (exact) mass is 513 g/mol. The van der Waals surface area contributed by atoms with Crippen molar-refractivity contribution in [3.63, 3.8) is 0 Å². The minimum Gasteiger partial charge on any atom is -0.478 e. The number of hydrazone groups is 1. The number of carboxylic acids is 1. The van der Waals surface area contributed by atoms with Crippen LogP contribution in [0, 0.1) is 5.82 Å². The van der Waals surface area contributed by atoms with Crippen LogP contribution in [-0.4, -0.2) is 53.9 Å². The van der Waals surface area contributed by atoms with E-state index in [1.54, 1.807) is 24.3 Å². The fourth-order valence-electron chi connectivity index (χ4n) is 4.35. The summed E-state index contributed by atoms with van der Waals surface area (Å²) in [6, 6.07) is 9.27. The second-order valence-electron chi connectivity index (χ2n) is 8.66. The number of fused-ring (bicyclic) bond motifs is 1. The van der Waals surface area contributed by atoms with Gasteiger partial charge in [0.2, 0.25) is 5.43 Å². The van der Waals surface area contributed by atoms with Crippen LogP contribution >= 0.6 is 12.4 Å². The standard InChI is InChI=1S/C25H24FN5O4.ClH/c26-20-11-18-21(12-22(20)30-9-7-27-8-10-30)31(16-5-6-16)14-19(23(18)32)24(33)29-28-13-15-3-1-2-4-17(15)25(34)35;/h1-4,11-14,16,27H,5-10H2,(H,29,33)(H,34,35);1H/b28-13-;. The van der Waals surface area contributed by atoms with Gasteiger partial charge >= 0.3 is 5.97 Å². The van der Waals surface area contributed by atoms with E-state index in [0.717, 1.165) is 25.9 Å². The van der Waals surface area contributed by atoms with E-state index < -0.39 is 23.1 Å². The molecule has 36 heavy (non-hydrogen) atoms. The highest BCUT2D eigenvalue weighted by atomic mass is 35.5. The van der Waals surface area contributed by atoms with Gasteiger partial charge < -0.3 is 19.9 Å². The number of carbonyl (C=O) groups is 2. The number of piperazine rings is 1. The Morgan fingerprint density at radius 1 is 1.14 bits per heavy atom. The second kappa shape index (κ2) is 10.5. The van der Waals surface area contributed by atoms with Crippen LogP contribution < -0.4 is 21.1 Å². The summed E-state index contributed by atoms with van der Waals surface area (Å²) < 4.78 is 17.0. The number of carboxylic acid groups (broad SMARTS) is 1. The van der Waals surface area contributed by atoms with Gasteiger partial charge in [-0.1, -0.05) is 18.2 Å². The number of anilines is 1. The molecule has 2 aliphatic rings. The van der Waals surface area contributed by atoms with Crippen LogP contribution in [-0.2, 0) is 0 Å². The van der Waals surface area contributed by atoms with Crippen LogP contribution in [0.4, 0.5) is 10.1 Å². The fraction of sp³-hybridized carbons (Fsp3) is 0.280. The van der Waals surface area contributed by atoms with Crippen molar-refractivity contribution >= 4 is 47.1 Å². The van der Waals surface area contributed by atoms with E-state index in [9.17, 15) is 19.5 Å². The van der Waals surface area contributed by atoms with Crippen molar-refractivity contribution in [3.05, 3.63) is 75.3 Å². The average molecular weight is 514 g/mol. The van der Waals surface area contributed by atoms with Crippen LogP contribution in [0.25, 0.3) is 10.9 Å².